The fourth-order valence-corrected chi connectivity index (χ4v) is 2.54. The molecule has 1 aromatic heterocycles. The molecule has 0 aliphatic carbocycles. The maximum atomic E-state index is 11.1. The highest BCUT2D eigenvalue weighted by Gasteiger charge is 2.15. The van der Waals surface area contributed by atoms with E-state index in [1.807, 2.05) is 19.2 Å². The Hall–Kier alpha value is -1.14. The molecule has 0 aromatic carbocycles. The van der Waals surface area contributed by atoms with E-state index in [9.17, 15) is 8.42 Å². The van der Waals surface area contributed by atoms with Gasteiger partial charge in [0, 0.05) is 29.8 Å². The van der Waals surface area contributed by atoms with Gasteiger partial charge in [-0.15, -0.1) is 0 Å². The number of rotatable bonds is 7. The second-order valence-electron chi connectivity index (χ2n) is 4.22. The Morgan fingerprint density at radius 2 is 2.22 bits per heavy atom. The number of pyridine rings is 1. The van der Waals surface area contributed by atoms with E-state index < -0.39 is 9.84 Å². The van der Waals surface area contributed by atoms with E-state index in [1.54, 1.807) is 13.3 Å². The maximum Gasteiger partial charge on any atom is 0.217 e. The summed E-state index contributed by atoms with van der Waals surface area (Å²) in [6, 6.07) is 3.84. The molecular weight excluding hydrogens is 252 g/mol. The minimum absolute atomic E-state index is 0.0513. The number of methoxy groups -OCH3 is 1. The molecule has 18 heavy (non-hydrogen) atoms. The van der Waals surface area contributed by atoms with Crippen molar-refractivity contribution in [2.24, 2.45) is 0 Å². The topological polar surface area (TPSA) is 68.3 Å². The molecule has 1 rings (SSSR count). The molecule has 0 aliphatic heterocycles. The van der Waals surface area contributed by atoms with Crippen LogP contribution in [0, 0.1) is 0 Å². The number of nitrogens with one attached hydrogen (secondary N) is 1. The van der Waals surface area contributed by atoms with E-state index >= 15 is 0 Å². The molecule has 1 unspecified atom stereocenters. The van der Waals surface area contributed by atoms with Crippen LogP contribution in [-0.2, 0) is 9.84 Å². The zero-order chi connectivity index (χ0) is 13.6. The van der Waals surface area contributed by atoms with E-state index in [0.29, 0.717) is 12.3 Å². The van der Waals surface area contributed by atoms with Crippen LogP contribution in [0.2, 0.25) is 0 Å². The summed E-state index contributed by atoms with van der Waals surface area (Å²) in [5.74, 6) is 0.782. The molecule has 0 spiro atoms. The lowest BCUT2D eigenvalue weighted by molar-refractivity contribution is 0.382. The molecular formula is C12H20N2O3S. The normalized spacial score (nSPS) is 13.3. The van der Waals surface area contributed by atoms with Gasteiger partial charge in [0.25, 0.3) is 0 Å². The van der Waals surface area contributed by atoms with Gasteiger partial charge in [-0.05, 0) is 26.0 Å². The molecule has 0 saturated carbocycles. The van der Waals surface area contributed by atoms with Crippen LogP contribution in [0.1, 0.15) is 24.4 Å². The Morgan fingerprint density at radius 1 is 1.50 bits per heavy atom. The van der Waals surface area contributed by atoms with Crippen LogP contribution >= 0.6 is 0 Å². The third-order valence-electron chi connectivity index (χ3n) is 2.73. The lowest BCUT2D eigenvalue weighted by atomic mass is 10.0. The molecule has 0 aliphatic rings. The predicted molar refractivity (Wildman–Crippen MR) is 71.5 cm³/mol. The molecule has 5 nitrogen and oxygen atoms in total. The van der Waals surface area contributed by atoms with Gasteiger partial charge in [0.2, 0.25) is 5.88 Å². The summed E-state index contributed by atoms with van der Waals surface area (Å²) in [5, 5.41) is 3.16. The zero-order valence-corrected chi connectivity index (χ0v) is 11.8. The van der Waals surface area contributed by atoms with Gasteiger partial charge in [-0.2, -0.15) is 0 Å². The first-order valence-electron chi connectivity index (χ1n) is 5.82. The average Bonchev–Trinajstić information content (AvgIpc) is 2.33. The Morgan fingerprint density at radius 3 is 2.78 bits per heavy atom. The Kier molecular flexibility index (Phi) is 5.55. The van der Waals surface area contributed by atoms with Crippen molar-refractivity contribution in [3.8, 4) is 5.88 Å². The highest BCUT2D eigenvalue weighted by Crippen LogP contribution is 2.25. The van der Waals surface area contributed by atoms with Crippen LogP contribution in [-0.4, -0.2) is 39.6 Å². The van der Waals surface area contributed by atoms with Crippen LogP contribution in [0.25, 0.3) is 0 Å². The molecule has 0 fully saturated rings. The van der Waals surface area contributed by atoms with Gasteiger partial charge in [0.15, 0.2) is 0 Å². The minimum Gasteiger partial charge on any atom is -0.481 e. The summed E-state index contributed by atoms with van der Waals surface area (Å²) in [7, 11) is 0.523. The van der Waals surface area contributed by atoms with E-state index in [2.05, 4.69) is 10.3 Å². The van der Waals surface area contributed by atoms with Crippen LogP contribution in [0.3, 0.4) is 0 Å². The van der Waals surface area contributed by atoms with E-state index in [-0.39, 0.29) is 11.8 Å². The van der Waals surface area contributed by atoms with Gasteiger partial charge in [-0.25, -0.2) is 13.4 Å². The third kappa shape index (κ3) is 4.62. The molecule has 0 bridgehead atoms. The first-order chi connectivity index (χ1) is 8.48. The second kappa shape index (κ2) is 6.70. The summed E-state index contributed by atoms with van der Waals surface area (Å²) >= 11 is 0. The van der Waals surface area contributed by atoms with Gasteiger partial charge in [0.1, 0.15) is 9.84 Å². The van der Waals surface area contributed by atoms with Gasteiger partial charge in [-0.1, -0.05) is 6.07 Å². The van der Waals surface area contributed by atoms with Crippen LogP contribution in [0.5, 0.6) is 5.88 Å². The molecule has 1 N–H and O–H groups in total. The van der Waals surface area contributed by atoms with Gasteiger partial charge < -0.3 is 10.1 Å². The highest BCUT2D eigenvalue weighted by atomic mass is 32.2. The fourth-order valence-electron chi connectivity index (χ4n) is 1.84. The summed E-state index contributed by atoms with van der Waals surface area (Å²) in [5.41, 5.74) is 0.955. The van der Waals surface area contributed by atoms with Crippen molar-refractivity contribution >= 4 is 9.84 Å². The number of nitrogens with zero attached hydrogens (tertiary/aromatic N) is 1. The molecule has 0 saturated heterocycles. The van der Waals surface area contributed by atoms with Crippen molar-refractivity contribution in [3.63, 3.8) is 0 Å². The molecule has 0 radical (unpaired) electrons. The Balaban J connectivity index is 2.71. The summed E-state index contributed by atoms with van der Waals surface area (Å²) in [4.78, 5) is 4.14. The van der Waals surface area contributed by atoms with Crippen LogP contribution < -0.4 is 10.1 Å². The number of hydrogen-bond donors (Lipinski definition) is 1. The fraction of sp³-hybridized carbons (Fsp3) is 0.583. The van der Waals surface area contributed by atoms with Gasteiger partial charge in [-0.3, -0.25) is 0 Å². The molecule has 1 heterocycles. The van der Waals surface area contributed by atoms with Gasteiger partial charge >= 0.3 is 0 Å². The minimum atomic E-state index is -2.90. The molecule has 1 atom stereocenters. The summed E-state index contributed by atoms with van der Waals surface area (Å²) in [6.07, 6.45) is 4.27. The largest absolute Gasteiger partial charge is 0.481 e. The SMILES string of the molecule is CNC(CCCS(C)(=O)=O)c1cccnc1OC. The molecule has 102 valence electrons. The smallest absolute Gasteiger partial charge is 0.217 e. The number of sulfone groups is 1. The molecule has 6 heteroatoms. The van der Waals surface area contributed by atoms with Crippen LogP contribution in [0.15, 0.2) is 18.3 Å². The van der Waals surface area contributed by atoms with Crippen molar-refractivity contribution in [2.45, 2.75) is 18.9 Å². The second-order valence-corrected chi connectivity index (χ2v) is 6.48. The lowest BCUT2D eigenvalue weighted by Gasteiger charge is -2.18. The highest BCUT2D eigenvalue weighted by molar-refractivity contribution is 7.90. The zero-order valence-electron chi connectivity index (χ0n) is 11.0. The van der Waals surface area contributed by atoms with Crippen LogP contribution in [0.4, 0.5) is 0 Å². The molecule has 0 amide bonds. The van der Waals surface area contributed by atoms with Crippen molar-refractivity contribution in [1.82, 2.24) is 10.3 Å². The van der Waals surface area contributed by atoms with Crippen molar-refractivity contribution in [1.29, 1.82) is 0 Å². The van der Waals surface area contributed by atoms with E-state index in [0.717, 1.165) is 12.0 Å². The van der Waals surface area contributed by atoms with Crippen molar-refractivity contribution < 1.29 is 13.2 Å². The van der Waals surface area contributed by atoms with Crippen molar-refractivity contribution in [2.75, 3.05) is 26.2 Å². The molecule has 1 aromatic rings. The summed E-state index contributed by atoms with van der Waals surface area (Å²) < 4.78 is 27.4. The number of hydrogen-bond acceptors (Lipinski definition) is 5. The third-order valence-corrected chi connectivity index (χ3v) is 3.76. The first kappa shape index (κ1) is 14.9. The van der Waals surface area contributed by atoms with E-state index in [4.69, 9.17) is 4.74 Å². The van der Waals surface area contributed by atoms with E-state index in [1.165, 1.54) is 6.26 Å². The number of aromatic nitrogens is 1. The monoisotopic (exact) mass is 272 g/mol. The quantitative estimate of drug-likeness (QED) is 0.807. The standard InChI is InChI=1S/C12H20N2O3S/c1-13-11(7-5-9-18(3,15)16)10-6-4-8-14-12(10)17-2/h4,6,8,11,13H,5,7,9H2,1-3H3. The first-order valence-corrected chi connectivity index (χ1v) is 7.88. The predicted octanol–water partition coefficient (Wildman–Crippen LogP) is 1.18. The van der Waals surface area contributed by atoms with Gasteiger partial charge in [0.05, 0.1) is 7.11 Å². The van der Waals surface area contributed by atoms with Crippen molar-refractivity contribution in [3.05, 3.63) is 23.9 Å². The lowest BCUT2D eigenvalue weighted by Crippen LogP contribution is -2.18. The Labute approximate surface area is 108 Å². The number of ether oxygens (including phenoxy) is 1. The maximum absolute atomic E-state index is 11.1. The summed E-state index contributed by atoms with van der Waals surface area (Å²) in [6.45, 7) is 0. The Bertz CT molecular complexity index is 474. The average molecular weight is 272 g/mol.